The smallest absolute Gasteiger partial charge is 0.143 e. The molecule has 2 heteroatoms. The fraction of sp³-hybridized carbons (Fsp3) is 0.118. The van der Waals surface area contributed by atoms with E-state index in [2.05, 4.69) is 0 Å². The molecule has 2 rings (SSSR count). The summed E-state index contributed by atoms with van der Waals surface area (Å²) in [6, 6.07) is 16.3. The number of aryl methyl sites for hydroxylation is 1. The van der Waals surface area contributed by atoms with E-state index < -0.39 is 0 Å². The summed E-state index contributed by atoms with van der Waals surface area (Å²) in [5, 5.41) is 0. The van der Waals surface area contributed by atoms with Crippen LogP contribution >= 0.6 is 0 Å². The van der Waals surface area contributed by atoms with E-state index >= 15 is 0 Å². The minimum Gasteiger partial charge on any atom is -0.299 e. The SMILES string of the molecule is O=C/C=C(\CCc1ccc(F)cc1)c1ccccc1. The van der Waals surface area contributed by atoms with Crippen molar-refractivity contribution in [3.05, 3.63) is 77.6 Å². The van der Waals surface area contributed by atoms with Gasteiger partial charge in [-0.25, -0.2) is 4.39 Å². The lowest BCUT2D eigenvalue weighted by molar-refractivity contribution is -0.104. The first kappa shape index (κ1) is 13.2. The molecule has 0 aromatic heterocycles. The number of allylic oxidation sites excluding steroid dienone is 2. The molecule has 0 unspecified atom stereocenters. The second-order valence-corrected chi connectivity index (χ2v) is 4.32. The zero-order chi connectivity index (χ0) is 13.5. The summed E-state index contributed by atoms with van der Waals surface area (Å²) in [4.78, 5) is 10.7. The molecule has 0 atom stereocenters. The third-order valence-corrected chi connectivity index (χ3v) is 3.01. The Kier molecular flexibility index (Phi) is 4.62. The second kappa shape index (κ2) is 6.64. The number of hydrogen-bond donors (Lipinski definition) is 0. The summed E-state index contributed by atoms with van der Waals surface area (Å²) < 4.78 is 12.8. The number of carbonyl (C=O) groups excluding carboxylic acids is 1. The van der Waals surface area contributed by atoms with Crippen LogP contribution in [0.15, 0.2) is 60.7 Å². The third-order valence-electron chi connectivity index (χ3n) is 3.01. The lowest BCUT2D eigenvalue weighted by Crippen LogP contribution is -1.91. The van der Waals surface area contributed by atoms with E-state index in [-0.39, 0.29) is 5.82 Å². The number of aldehydes is 1. The normalized spacial score (nSPS) is 11.3. The van der Waals surface area contributed by atoms with Gasteiger partial charge in [0.05, 0.1) is 0 Å². The molecule has 0 aliphatic heterocycles. The molecule has 0 heterocycles. The van der Waals surface area contributed by atoms with Gasteiger partial charge in [0, 0.05) is 0 Å². The number of hydrogen-bond acceptors (Lipinski definition) is 1. The Bertz CT molecular complexity index is 556. The van der Waals surface area contributed by atoms with Gasteiger partial charge in [0.2, 0.25) is 0 Å². The standard InChI is InChI=1S/C17H15FO/c18-17-10-7-14(8-11-17)6-9-16(12-13-19)15-4-2-1-3-5-15/h1-5,7-8,10-13H,6,9H2/b16-12+. The largest absolute Gasteiger partial charge is 0.299 e. The molecule has 0 amide bonds. The van der Waals surface area contributed by atoms with Gasteiger partial charge in [-0.1, -0.05) is 42.5 Å². The molecular weight excluding hydrogens is 239 g/mol. The van der Waals surface area contributed by atoms with Gasteiger partial charge in [0.1, 0.15) is 12.1 Å². The van der Waals surface area contributed by atoms with Gasteiger partial charge >= 0.3 is 0 Å². The topological polar surface area (TPSA) is 17.1 Å². The van der Waals surface area contributed by atoms with Crippen molar-refractivity contribution in [2.45, 2.75) is 12.8 Å². The highest BCUT2D eigenvalue weighted by Gasteiger charge is 2.02. The van der Waals surface area contributed by atoms with Gasteiger partial charge in [0.25, 0.3) is 0 Å². The van der Waals surface area contributed by atoms with Gasteiger partial charge < -0.3 is 0 Å². The molecule has 0 saturated carbocycles. The Balaban J connectivity index is 2.08. The van der Waals surface area contributed by atoms with Crippen LogP contribution in [0.5, 0.6) is 0 Å². The highest BCUT2D eigenvalue weighted by Crippen LogP contribution is 2.20. The Morgan fingerprint density at radius 3 is 2.32 bits per heavy atom. The van der Waals surface area contributed by atoms with E-state index in [0.29, 0.717) is 0 Å². The molecular formula is C17H15FO. The molecule has 96 valence electrons. The Labute approximate surface area is 112 Å². The average molecular weight is 254 g/mol. The van der Waals surface area contributed by atoms with Crippen LogP contribution in [-0.2, 0) is 11.2 Å². The van der Waals surface area contributed by atoms with Crippen molar-refractivity contribution in [3.63, 3.8) is 0 Å². The lowest BCUT2D eigenvalue weighted by Gasteiger charge is -2.07. The maximum atomic E-state index is 12.8. The van der Waals surface area contributed by atoms with Crippen molar-refractivity contribution in [1.29, 1.82) is 0 Å². The minimum absolute atomic E-state index is 0.226. The molecule has 0 bridgehead atoms. The summed E-state index contributed by atoms with van der Waals surface area (Å²) >= 11 is 0. The van der Waals surface area contributed by atoms with Crippen LogP contribution in [0.4, 0.5) is 4.39 Å². The fourth-order valence-corrected chi connectivity index (χ4v) is 1.99. The molecule has 19 heavy (non-hydrogen) atoms. The van der Waals surface area contributed by atoms with Crippen molar-refractivity contribution in [2.75, 3.05) is 0 Å². The van der Waals surface area contributed by atoms with E-state index in [4.69, 9.17) is 0 Å². The zero-order valence-corrected chi connectivity index (χ0v) is 10.6. The quantitative estimate of drug-likeness (QED) is 0.581. The Morgan fingerprint density at radius 2 is 1.68 bits per heavy atom. The van der Waals surface area contributed by atoms with Crippen LogP contribution in [0.25, 0.3) is 5.57 Å². The molecule has 0 aliphatic carbocycles. The zero-order valence-electron chi connectivity index (χ0n) is 10.6. The number of benzene rings is 2. The molecule has 0 saturated heterocycles. The maximum absolute atomic E-state index is 12.8. The predicted octanol–water partition coefficient (Wildman–Crippen LogP) is 4.04. The predicted molar refractivity (Wildman–Crippen MR) is 75.2 cm³/mol. The minimum atomic E-state index is -0.226. The van der Waals surface area contributed by atoms with Gasteiger partial charge in [-0.3, -0.25) is 4.79 Å². The lowest BCUT2D eigenvalue weighted by atomic mass is 9.98. The number of rotatable bonds is 5. The molecule has 0 spiro atoms. The first-order valence-corrected chi connectivity index (χ1v) is 6.24. The van der Waals surface area contributed by atoms with E-state index in [1.807, 2.05) is 30.3 Å². The van der Waals surface area contributed by atoms with Crippen molar-refractivity contribution >= 4 is 11.9 Å². The van der Waals surface area contributed by atoms with Gasteiger partial charge in [-0.05, 0) is 47.8 Å². The van der Waals surface area contributed by atoms with Crippen LogP contribution in [0.3, 0.4) is 0 Å². The summed E-state index contributed by atoms with van der Waals surface area (Å²) in [6.45, 7) is 0. The van der Waals surface area contributed by atoms with Crippen molar-refractivity contribution in [1.82, 2.24) is 0 Å². The second-order valence-electron chi connectivity index (χ2n) is 4.32. The van der Waals surface area contributed by atoms with Crippen LogP contribution in [-0.4, -0.2) is 6.29 Å². The highest BCUT2D eigenvalue weighted by atomic mass is 19.1. The summed E-state index contributed by atoms with van der Waals surface area (Å²) in [5.74, 6) is -0.226. The molecule has 2 aromatic carbocycles. The van der Waals surface area contributed by atoms with Gasteiger partial charge in [-0.2, -0.15) is 0 Å². The molecule has 0 radical (unpaired) electrons. The van der Waals surface area contributed by atoms with Gasteiger partial charge in [-0.15, -0.1) is 0 Å². The van der Waals surface area contributed by atoms with E-state index in [1.165, 1.54) is 12.1 Å². The third kappa shape index (κ3) is 3.88. The maximum Gasteiger partial charge on any atom is 0.143 e. The number of carbonyl (C=O) groups is 1. The first-order valence-electron chi connectivity index (χ1n) is 6.24. The van der Waals surface area contributed by atoms with Crippen LogP contribution in [0.1, 0.15) is 17.5 Å². The van der Waals surface area contributed by atoms with Crippen LogP contribution in [0.2, 0.25) is 0 Å². The van der Waals surface area contributed by atoms with E-state index in [1.54, 1.807) is 18.2 Å². The molecule has 2 aromatic rings. The van der Waals surface area contributed by atoms with E-state index in [0.717, 1.165) is 35.8 Å². The van der Waals surface area contributed by atoms with Crippen molar-refractivity contribution in [2.24, 2.45) is 0 Å². The fourth-order valence-electron chi connectivity index (χ4n) is 1.99. The Hall–Kier alpha value is -2.22. The van der Waals surface area contributed by atoms with E-state index in [9.17, 15) is 9.18 Å². The molecule has 0 aliphatic rings. The highest BCUT2D eigenvalue weighted by molar-refractivity contribution is 5.81. The average Bonchev–Trinajstić information content (AvgIpc) is 2.46. The van der Waals surface area contributed by atoms with Crippen molar-refractivity contribution < 1.29 is 9.18 Å². The molecule has 0 N–H and O–H groups in total. The monoisotopic (exact) mass is 254 g/mol. The molecule has 1 nitrogen and oxygen atoms in total. The van der Waals surface area contributed by atoms with Crippen LogP contribution in [0, 0.1) is 5.82 Å². The summed E-state index contributed by atoms with van der Waals surface area (Å²) in [6.07, 6.45) is 3.95. The summed E-state index contributed by atoms with van der Waals surface area (Å²) in [7, 11) is 0. The molecule has 0 fully saturated rings. The summed E-state index contributed by atoms with van der Waals surface area (Å²) in [5.41, 5.74) is 3.12. The van der Waals surface area contributed by atoms with Crippen LogP contribution < -0.4 is 0 Å². The van der Waals surface area contributed by atoms with Crippen molar-refractivity contribution in [3.8, 4) is 0 Å². The number of halogens is 1. The van der Waals surface area contributed by atoms with Gasteiger partial charge in [0.15, 0.2) is 0 Å². The first-order chi connectivity index (χ1) is 9.29. The Morgan fingerprint density at radius 1 is 1.00 bits per heavy atom.